The minimum atomic E-state index is -1.63. The Hall–Kier alpha value is -1.60. The number of halogens is 1. The maximum absolute atomic E-state index is 11.8. The summed E-state index contributed by atoms with van der Waals surface area (Å²) in [6.07, 6.45) is -1.63. The van der Waals surface area contributed by atoms with Crippen LogP contribution in [0.3, 0.4) is 0 Å². The second kappa shape index (κ2) is 6.36. The molecule has 1 aromatic rings. The fraction of sp³-hybridized carbons (Fsp3) is 0.273. The van der Waals surface area contributed by atoms with Gasteiger partial charge < -0.3 is 20.3 Å². The van der Waals surface area contributed by atoms with Crippen LogP contribution in [0.4, 0.5) is 0 Å². The molecule has 0 heterocycles. The number of amides is 1. The van der Waals surface area contributed by atoms with Crippen LogP contribution in [0, 0.1) is 0 Å². The molecule has 1 amide bonds. The first kappa shape index (κ1) is 14.5. The van der Waals surface area contributed by atoms with Crippen LogP contribution in [0.15, 0.2) is 22.7 Å². The molecule has 0 aliphatic carbocycles. The molecule has 1 rings (SSSR count). The number of hydrogen-bond donors (Lipinski definition) is 3. The van der Waals surface area contributed by atoms with Gasteiger partial charge in [-0.1, -0.05) is 15.9 Å². The van der Waals surface area contributed by atoms with Crippen LogP contribution in [-0.2, 0) is 4.79 Å². The Balaban J connectivity index is 2.78. The number of methoxy groups -OCH3 is 1. The van der Waals surface area contributed by atoms with Crippen molar-refractivity contribution in [2.75, 3.05) is 13.7 Å². The van der Waals surface area contributed by atoms with Crippen molar-refractivity contribution in [2.24, 2.45) is 0 Å². The summed E-state index contributed by atoms with van der Waals surface area (Å²) < 4.78 is 5.70. The highest BCUT2D eigenvalue weighted by atomic mass is 79.9. The van der Waals surface area contributed by atoms with Gasteiger partial charge in [-0.2, -0.15) is 0 Å². The summed E-state index contributed by atoms with van der Waals surface area (Å²) in [5, 5.41) is 19.8. The number of carbonyl (C=O) groups is 2. The first-order chi connectivity index (χ1) is 8.45. The van der Waals surface area contributed by atoms with Gasteiger partial charge in [-0.15, -0.1) is 0 Å². The minimum Gasteiger partial charge on any atom is -0.496 e. The van der Waals surface area contributed by atoms with E-state index in [-0.39, 0.29) is 12.1 Å². The molecule has 6 nitrogen and oxygen atoms in total. The lowest BCUT2D eigenvalue weighted by atomic mass is 10.2. The van der Waals surface area contributed by atoms with E-state index in [1.807, 2.05) is 0 Å². The normalized spacial score (nSPS) is 11.7. The smallest absolute Gasteiger partial charge is 0.334 e. The first-order valence-corrected chi connectivity index (χ1v) is 5.77. The van der Waals surface area contributed by atoms with Gasteiger partial charge in [0.25, 0.3) is 5.91 Å². The quantitative estimate of drug-likeness (QED) is 0.740. The predicted octanol–water partition coefficient (Wildman–Crippen LogP) is 0.633. The van der Waals surface area contributed by atoms with E-state index in [1.165, 1.54) is 7.11 Å². The highest BCUT2D eigenvalue weighted by molar-refractivity contribution is 9.10. The average molecular weight is 318 g/mol. The zero-order valence-corrected chi connectivity index (χ0v) is 11.1. The van der Waals surface area contributed by atoms with E-state index in [4.69, 9.17) is 14.9 Å². The van der Waals surface area contributed by atoms with Gasteiger partial charge in [-0.25, -0.2) is 4.79 Å². The Kier molecular flexibility index (Phi) is 5.11. The van der Waals surface area contributed by atoms with Crippen LogP contribution < -0.4 is 10.1 Å². The molecule has 1 unspecified atom stereocenters. The number of benzene rings is 1. The maximum atomic E-state index is 11.8. The summed E-state index contributed by atoms with van der Waals surface area (Å²) in [4.78, 5) is 22.2. The molecule has 0 bridgehead atoms. The molecule has 3 N–H and O–H groups in total. The third kappa shape index (κ3) is 3.71. The molecule has 0 aromatic heterocycles. The second-order valence-corrected chi connectivity index (χ2v) is 4.32. The molecule has 0 spiro atoms. The van der Waals surface area contributed by atoms with E-state index in [9.17, 15) is 9.59 Å². The van der Waals surface area contributed by atoms with Crippen molar-refractivity contribution in [3.63, 3.8) is 0 Å². The van der Waals surface area contributed by atoms with Crippen molar-refractivity contribution in [1.29, 1.82) is 0 Å². The van der Waals surface area contributed by atoms with Crippen LogP contribution in [0.2, 0.25) is 0 Å². The molecule has 0 aliphatic heterocycles. The number of nitrogens with one attached hydrogen (secondary N) is 1. The summed E-state index contributed by atoms with van der Waals surface area (Å²) >= 11 is 3.22. The fourth-order valence-electron chi connectivity index (χ4n) is 1.23. The molecule has 0 radical (unpaired) electrons. The molecule has 0 saturated heterocycles. The van der Waals surface area contributed by atoms with Gasteiger partial charge in [0.05, 0.1) is 19.2 Å². The van der Waals surface area contributed by atoms with Crippen molar-refractivity contribution in [1.82, 2.24) is 5.32 Å². The van der Waals surface area contributed by atoms with E-state index in [0.717, 1.165) is 0 Å². The largest absolute Gasteiger partial charge is 0.496 e. The van der Waals surface area contributed by atoms with Crippen LogP contribution in [0.5, 0.6) is 5.75 Å². The van der Waals surface area contributed by atoms with E-state index in [0.29, 0.717) is 10.2 Å². The van der Waals surface area contributed by atoms with Crippen molar-refractivity contribution in [3.8, 4) is 5.75 Å². The lowest BCUT2D eigenvalue weighted by molar-refractivity contribution is -0.146. The first-order valence-electron chi connectivity index (χ1n) is 4.98. The van der Waals surface area contributed by atoms with Crippen molar-refractivity contribution < 1.29 is 24.5 Å². The van der Waals surface area contributed by atoms with Crippen LogP contribution in [0.25, 0.3) is 0 Å². The van der Waals surface area contributed by atoms with Crippen molar-refractivity contribution in [2.45, 2.75) is 6.10 Å². The Morgan fingerprint density at radius 3 is 2.72 bits per heavy atom. The number of carboxylic acid groups (broad SMARTS) is 1. The molecule has 0 saturated carbocycles. The predicted molar refractivity (Wildman–Crippen MR) is 66.7 cm³/mol. The van der Waals surface area contributed by atoms with Gasteiger partial charge in [0.15, 0.2) is 6.10 Å². The molecule has 18 heavy (non-hydrogen) atoms. The molecule has 7 heteroatoms. The third-order valence-corrected chi connectivity index (χ3v) is 2.64. The lowest BCUT2D eigenvalue weighted by Gasteiger charge is -2.11. The number of aliphatic hydroxyl groups excluding tert-OH is 1. The molecule has 1 atom stereocenters. The molecule has 0 fully saturated rings. The monoisotopic (exact) mass is 317 g/mol. The van der Waals surface area contributed by atoms with Crippen molar-refractivity contribution in [3.05, 3.63) is 28.2 Å². The van der Waals surface area contributed by atoms with Gasteiger partial charge in [0.2, 0.25) is 0 Å². The lowest BCUT2D eigenvalue weighted by Crippen LogP contribution is -2.36. The third-order valence-electron chi connectivity index (χ3n) is 2.15. The minimum absolute atomic E-state index is 0.254. The van der Waals surface area contributed by atoms with Gasteiger partial charge in [0.1, 0.15) is 5.75 Å². The Morgan fingerprint density at radius 1 is 1.50 bits per heavy atom. The highest BCUT2D eigenvalue weighted by Crippen LogP contribution is 2.22. The van der Waals surface area contributed by atoms with Gasteiger partial charge in [0, 0.05) is 4.47 Å². The maximum Gasteiger partial charge on any atom is 0.334 e. The van der Waals surface area contributed by atoms with Crippen LogP contribution >= 0.6 is 15.9 Å². The van der Waals surface area contributed by atoms with Crippen LogP contribution in [0.1, 0.15) is 10.4 Å². The number of ether oxygens (including phenoxy) is 1. The summed E-state index contributed by atoms with van der Waals surface area (Å²) in [7, 11) is 1.42. The Labute approximate surface area is 112 Å². The number of aliphatic hydroxyl groups is 1. The molecular formula is C11H12BrNO5. The summed E-state index contributed by atoms with van der Waals surface area (Å²) in [6.45, 7) is -0.371. The molecule has 98 valence electrons. The number of rotatable bonds is 5. The SMILES string of the molecule is COc1ccc(Br)cc1C(=O)NCC(O)C(=O)O. The summed E-state index contributed by atoms with van der Waals surface area (Å²) in [6, 6.07) is 4.86. The molecular weight excluding hydrogens is 306 g/mol. The summed E-state index contributed by atoms with van der Waals surface area (Å²) in [5.41, 5.74) is 0.254. The zero-order valence-electron chi connectivity index (χ0n) is 9.51. The molecule has 0 aliphatic rings. The number of carbonyl (C=O) groups excluding carboxylic acids is 1. The number of hydrogen-bond acceptors (Lipinski definition) is 4. The van der Waals surface area contributed by atoms with E-state index in [1.54, 1.807) is 18.2 Å². The van der Waals surface area contributed by atoms with Gasteiger partial charge >= 0.3 is 5.97 Å². The number of carboxylic acids is 1. The Morgan fingerprint density at radius 2 is 2.17 bits per heavy atom. The zero-order chi connectivity index (χ0) is 13.7. The van der Waals surface area contributed by atoms with E-state index in [2.05, 4.69) is 21.2 Å². The fourth-order valence-corrected chi connectivity index (χ4v) is 1.59. The Bertz CT molecular complexity index is 463. The average Bonchev–Trinajstić information content (AvgIpc) is 2.35. The summed E-state index contributed by atoms with van der Waals surface area (Å²) in [5.74, 6) is -1.55. The van der Waals surface area contributed by atoms with E-state index >= 15 is 0 Å². The topological polar surface area (TPSA) is 95.9 Å². The highest BCUT2D eigenvalue weighted by Gasteiger charge is 2.17. The molecule has 1 aromatic carbocycles. The number of aliphatic carboxylic acids is 1. The van der Waals surface area contributed by atoms with E-state index < -0.39 is 18.0 Å². The second-order valence-electron chi connectivity index (χ2n) is 3.41. The standard InChI is InChI=1S/C11H12BrNO5/c1-18-9-3-2-6(12)4-7(9)10(15)13-5-8(14)11(16)17/h2-4,8,14H,5H2,1H3,(H,13,15)(H,16,17). The van der Waals surface area contributed by atoms with Gasteiger partial charge in [-0.05, 0) is 18.2 Å². The van der Waals surface area contributed by atoms with Crippen molar-refractivity contribution >= 4 is 27.8 Å². The van der Waals surface area contributed by atoms with Gasteiger partial charge in [-0.3, -0.25) is 4.79 Å². The van der Waals surface area contributed by atoms with Crippen LogP contribution in [-0.4, -0.2) is 41.8 Å².